The van der Waals surface area contributed by atoms with E-state index in [4.69, 9.17) is 5.11 Å². The summed E-state index contributed by atoms with van der Waals surface area (Å²) in [6.07, 6.45) is 5.65. The highest BCUT2D eigenvalue weighted by atomic mass is 16.4. The molecule has 11 heavy (non-hydrogen) atoms. The van der Waals surface area contributed by atoms with Crippen LogP contribution in [0, 0.1) is 0 Å². The summed E-state index contributed by atoms with van der Waals surface area (Å²) in [5.74, 6) is -0.945. The molecule has 0 aliphatic heterocycles. The van der Waals surface area contributed by atoms with Gasteiger partial charge in [-0.15, -0.1) is 0 Å². The fourth-order valence-electron chi connectivity index (χ4n) is 1.32. The molecular weight excluding hydrogens is 144 g/mol. The molecule has 0 aromatic rings. The van der Waals surface area contributed by atoms with Crippen LogP contribution < -0.4 is 0 Å². The summed E-state index contributed by atoms with van der Waals surface area (Å²) in [4.78, 5) is 10.3. The van der Waals surface area contributed by atoms with Crippen molar-refractivity contribution in [3.05, 3.63) is 12.2 Å². The van der Waals surface area contributed by atoms with Crippen LogP contribution in [0.2, 0.25) is 0 Å². The maximum absolute atomic E-state index is 10.3. The largest absolute Gasteiger partial charge is 0.481 e. The molecule has 0 amide bonds. The number of aliphatic hydroxyl groups is 1. The standard InChI is InChI=1S/C8H12O3/c9-7(10)6-8(11)4-2-1-3-5-8/h2,4,11H,1,3,5-6H2,(H,9,10)/t8-/m1/s1. The Morgan fingerprint density at radius 3 is 2.82 bits per heavy atom. The highest BCUT2D eigenvalue weighted by molar-refractivity contribution is 5.68. The number of rotatable bonds is 2. The molecule has 0 saturated carbocycles. The van der Waals surface area contributed by atoms with Crippen molar-refractivity contribution in [2.45, 2.75) is 31.3 Å². The van der Waals surface area contributed by atoms with Gasteiger partial charge in [-0.25, -0.2) is 0 Å². The number of carbonyl (C=O) groups is 1. The molecule has 3 nitrogen and oxygen atoms in total. The Morgan fingerprint density at radius 1 is 1.64 bits per heavy atom. The van der Waals surface area contributed by atoms with E-state index in [0.29, 0.717) is 6.42 Å². The quantitative estimate of drug-likeness (QED) is 0.585. The lowest BCUT2D eigenvalue weighted by Crippen LogP contribution is -2.30. The number of hydrogen-bond acceptors (Lipinski definition) is 2. The minimum Gasteiger partial charge on any atom is -0.481 e. The third-order valence-corrected chi connectivity index (χ3v) is 1.87. The zero-order valence-electron chi connectivity index (χ0n) is 6.29. The van der Waals surface area contributed by atoms with E-state index >= 15 is 0 Å². The Kier molecular flexibility index (Phi) is 2.29. The Labute approximate surface area is 65.3 Å². The molecule has 62 valence electrons. The van der Waals surface area contributed by atoms with E-state index < -0.39 is 11.6 Å². The highest BCUT2D eigenvalue weighted by Crippen LogP contribution is 2.24. The Balaban J connectivity index is 2.57. The Hall–Kier alpha value is -0.830. The van der Waals surface area contributed by atoms with Gasteiger partial charge in [-0.3, -0.25) is 4.79 Å². The first-order valence-corrected chi connectivity index (χ1v) is 3.74. The minimum atomic E-state index is -1.08. The molecule has 1 rings (SSSR count). The van der Waals surface area contributed by atoms with Crippen molar-refractivity contribution in [2.75, 3.05) is 0 Å². The van der Waals surface area contributed by atoms with Crippen molar-refractivity contribution in [2.24, 2.45) is 0 Å². The van der Waals surface area contributed by atoms with Gasteiger partial charge in [0.15, 0.2) is 0 Å². The van der Waals surface area contributed by atoms with Gasteiger partial charge in [-0.05, 0) is 19.3 Å². The summed E-state index contributed by atoms with van der Waals surface area (Å²) in [5.41, 5.74) is -1.08. The fraction of sp³-hybridized carbons (Fsp3) is 0.625. The number of carboxylic acid groups (broad SMARTS) is 1. The third-order valence-electron chi connectivity index (χ3n) is 1.87. The van der Waals surface area contributed by atoms with Gasteiger partial charge in [0.05, 0.1) is 12.0 Å². The van der Waals surface area contributed by atoms with Crippen LogP contribution in [0.4, 0.5) is 0 Å². The monoisotopic (exact) mass is 156 g/mol. The number of allylic oxidation sites excluding steroid dienone is 1. The lowest BCUT2D eigenvalue weighted by atomic mass is 9.88. The first-order chi connectivity index (χ1) is 5.12. The van der Waals surface area contributed by atoms with Crippen LogP contribution in [0.25, 0.3) is 0 Å². The second-order valence-electron chi connectivity index (χ2n) is 2.97. The summed E-state index contributed by atoms with van der Waals surface area (Å²) >= 11 is 0. The molecule has 0 aromatic carbocycles. The van der Waals surface area contributed by atoms with Gasteiger partial charge < -0.3 is 10.2 Å². The summed E-state index contributed by atoms with van der Waals surface area (Å²) < 4.78 is 0. The Bertz CT molecular complexity index is 186. The summed E-state index contributed by atoms with van der Waals surface area (Å²) in [6.45, 7) is 0. The van der Waals surface area contributed by atoms with Gasteiger partial charge in [0.2, 0.25) is 0 Å². The number of hydrogen-bond donors (Lipinski definition) is 2. The van der Waals surface area contributed by atoms with E-state index in [0.717, 1.165) is 12.8 Å². The number of aliphatic carboxylic acids is 1. The predicted molar refractivity (Wildman–Crippen MR) is 40.2 cm³/mol. The summed E-state index contributed by atoms with van der Waals surface area (Å²) in [7, 11) is 0. The van der Waals surface area contributed by atoms with Crippen LogP contribution in [-0.4, -0.2) is 21.8 Å². The molecule has 0 aromatic heterocycles. The van der Waals surface area contributed by atoms with Crippen LogP contribution in [0.3, 0.4) is 0 Å². The van der Waals surface area contributed by atoms with Crippen LogP contribution in [0.5, 0.6) is 0 Å². The molecule has 0 saturated heterocycles. The van der Waals surface area contributed by atoms with E-state index in [-0.39, 0.29) is 6.42 Å². The molecule has 2 N–H and O–H groups in total. The lowest BCUT2D eigenvalue weighted by molar-refractivity contribution is -0.141. The summed E-state index contributed by atoms with van der Waals surface area (Å²) in [5, 5.41) is 18.0. The van der Waals surface area contributed by atoms with E-state index in [1.807, 2.05) is 6.08 Å². The molecule has 0 unspecified atom stereocenters. The zero-order chi connectivity index (χ0) is 8.32. The van der Waals surface area contributed by atoms with Crippen molar-refractivity contribution in [1.82, 2.24) is 0 Å². The smallest absolute Gasteiger partial charge is 0.306 e. The number of carboxylic acids is 1. The predicted octanol–water partition coefficient (Wildman–Crippen LogP) is 0.932. The first kappa shape index (κ1) is 8.27. The van der Waals surface area contributed by atoms with Gasteiger partial charge in [-0.2, -0.15) is 0 Å². The Morgan fingerprint density at radius 2 is 2.36 bits per heavy atom. The maximum atomic E-state index is 10.3. The molecule has 3 heteroatoms. The van der Waals surface area contributed by atoms with Crippen molar-refractivity contribution in [3.63, 3.8) is 0 Å². The second kappa shape index (κ2) is 3.05. The average Bonchev–Trinajstić information content (AvgIpc) is 1.85. The van der Waals surface area contributed by atoms with E-state index in [1.54, 1.807) is 6.08 Å². The molecular formula is C8H12O3. The van der Waals surface area contributed by atoms with Crippen molar-refractivity contribution in [3.8, 4) is 0 Å². The van der Waals surface area contributed by atoms with Crippen LogP contribution in [0.1, 0.15) is 25.7 Å². The van der Waals surface area contributed by atoms with Gasteiger partial charge in [0.25, 0.3) is 0 Å². The van der Waals surface area contributed by atoms with E-state index in [2.05, 4.69) is 0 Å². The lowest BCUT2D eigenvalue weighted by Gasteiger charge is -2.25. The fourth-order valence-corrected chi connectivity index (χ4v) is 1.32. The van der Waals surface area contributed by atoms with Gasteiger partial charge in [0, 0.05) is 0 Å². The SMILES string of the molecule is O=C(O)C[C@@]1(O)C=CCCC1. The highest BCUT2D eigenvalue weighted by Gasteiger charge is 2.27. The van der Waals surface area contributed by atoms with Crippen LogP contribution in [0.15, 0.2) is 12.2 Å². The molecule has 0 spiro atoms. The normalized spacial score (nSPS) is 30.3. The minimum absolute atomic E-state index is 0.177. The molecule has 1 atom stereocenters. The van der Waals surface area contributed by atoms with Crippen molar-refractivity contribution in [1.29, 1.82) is 0 Å². The van der Waals surface area contributed by atoms with Crippen molar-refractivity contribution < 1.29 is 15.0 Å². The van der Waals surface area contributed by atoms with Gasteiger partial charge in [-0.1, -0.05) is 12.2 Å². The van der Waals surface area contributed by atoms with E-state index in [9.17, 15) is 9.90 Å². The van der Waals surface area contributed by atoms with Crippen molar-refractivity contribution >= 4 is 5.97 Å². The third kappa shape index (κ3) is 2.35. The van der Waals surface area contributed by atoms with Gasteiger partial charge >= 0.3 is 5.97 Å². The average molecular weight is 156 g/mol. The topological polar surface area (TPSA) is 57.5 Å². The first-order valence-electron chi connectivity index (χ1n) is 3.74. The van der Waals surface area contributed by atoms with Gasteiger partial charge in [0.1, 0.15) is 0 Å². The second-order valence-corrected chi connectivity index (χ2v) is 2.97. The maximum Gasteiger partial charge on any atom is 0.306 e. The molecule has 0 bridgehead atoms. The molecule has 0 radical (unpaired) electrons. The molecule has 1 aliphatic carbocycles. The van der Waals surface area contributed by atoms with Crippen LogP contribution >= 0.6 is 0 Å². The molecule has 0 fully saturated rings. The summed E-state index contributed by atoms with van der Waals surface area (Å²) in [6, 6.07) is 0. The molecule has 0 heterocycles. The molecule has 1 aliphatic rings. The van der Waals surface area contributed by atoms with Crippen LogP contribution in [-0.2, 0) is 4.79 Å². The van der Waals surface area contributed by atoms with E-state index in [1.165, 1.54) is 0 Å². The zero-order valence-corrected chi connectivity index (χ0v) is 6.29.